The first-order valence-electron chi connectivity index (χ1n) is 10.6. The van der Waals surface area contributed by atoms with Crippen LogP contribution in [-0.4, -0.2) is 25.3 Å². The van der Waals surface area contributed by atoms with Crippen molar-refractivity contribution in [2.45, 2.75) is 39.9 Å². The second kappa shape index (κ2) is 9.49. The highest BCUT2D eigenvalue weighted by Gasteiger charge is 2.21. The predicted molar refractivity (Wildman–Crippen MR) is 124 cm³/mol. The average molecular weight is 451 g/mol. The van der Waals surface area contributed by atoms with Gasteiger partial charge in [-0.05, 0) is 60.9 Å². The van der Waals surface area contributed by atoms with Gasteiger partial charge in [-0.1, -0.05) is 36.7 Å². The Bertz CT molecular complexity index is 1250. The first-order chi connectivity index (χ1) is 15.5. The van der Waals surface area contributed by atoms with Crippen molar-refractivity contribution >= 4 is 28.7 Å². The van der Waals surface area contributed by atoms with Gasteiger partial charge in [0.05, 0.1) is 6.54 Å². The van der Waals surface area contributed by atoms with Crippen molar-refractivity contribution in [3.63, 3.8) is 0 Å². The summed E-state index contributed by atoms with van der Waals surface area (Å²) in [4.78, 5) is 24.5. The SMILES string of the molecule is CCCn1c(CN(Cc2ccc(F)cc2)C(=O)c2ccc(C)c(Cl)c2)nc2cccnc21. The van der Waals surface area contributed by atoms with Crippen LogP contribution in [0.15, 0.2) is 60.8 Å². The summed E-state index contributed by atoms with van der Waals surface area (Å²) in [6.45, 7) is 5.34. The van der Waals surface area contributed by atoms with E-state index in [4.69, 9.17) is 16.6 Å². The zero-order valence-electron chi connectivity index (χ0n) is 18.1. The zero-order chi connectivity index (χ0) is 22.7. The maximum atomic E-state index is 13.5. The summed E-state index contributed by atoms with van der Waals surface area (Å²) in [5, 5.41) is 0.542. The average Bonchev–Trinajstić information content (AvgIpc) is 3.13. The number of carbonyl (C=O) groups excluding carboxylic acids is 1. The lowest BCUT2D eigenvalue weighted by molar-refractivity contribution is 0.0723. The normalized spacial score (nSPS) is 11.1. The van der Waals surface area contributed by atoms with Crippen LogP contribution in [0.4, 0.5) is 4.39 Å². The number of nitrogens with zero attached hydrogens (tertiary/aromatic N) is 4. The predicted octanol–water partition coefficient (Wildman–Crippen LogP) is 5.78. The Labute approximate surface area is 191 Å². The molecule has 0 unspecified atom stereocenters. The number of rotatable bonds is 7. The van der Waals surface area contributed by atoms with E-state index in [-0.39, 0.29) is 18.3 Å². The van der Waals surface area contributed by atoms with E-state index in [1.165, 1.54) is 12.1 Å². The lowest BCUT2D eigenvalue weighted by Crippen LogP contribution is -2.31. The highest BCUT2D eigenvalue weighted by molar-refractivity contribution is 6.31. The summed E-state index contributed by atoms with van der Waals surface area (Å²) in [6, 6.07) is 15.2. The largest absolute Gasteiger partial charge is 0.327 e. The van der Waals surface area contributed by atoms with Crippen LogP contribution in [0.2, 0.25) is 5.02 Å². The molecule has 0 saturated carbocycles. The smallest absolute Gasteiger partial charge is 0.254 e. The second-order valence-electron chi connectivity index (χ2n) is 7.78. The molecular formula is C25H24ClFN4O. The molecule has 0 aliphatic rings. The molecule has 164 valence electrons. The lowest BCUT2D eigenvalue weighted by atomic mass is 10.1. The van der Waals surface area contributed by atoms with Crippen molar-refractivity contribution in [1.29, 1.82) is 0 Å². The van der Waals surface area contributed by atoms with E-state index in [0.717, 1.165) is 41.1 Å². The summed E-state index contributed by atoms with van der Waals surface area (Å²) < 4.78 is 15.5. The standard InChI is InChI=1S/C25H24ClFN4O/c1-3-13-31-23(29-22-5-4-12-28-24(22)31)16-30(15-18-7-10-20(27)11-8-18)25(32)19-9-6-17(2)21(26)14-19/h4-12,14H,3,13,15-16H2,1-2H3. The Kier molecular flexibility index (Phi) is 6.51. The first-order valence-corrected chi connectivity index (χ1v) is 10.9. The minimum absolute atomic E-state index is 0.167. The van der Waals surface area contributed by atoms with Crippen molar-refractivity contribution in [2.75, 3.05) is 0 Å². The van der Waals surface area contributed by atoms with E-state index >= 15 is 0 Å². The molecule has 0 radical (unpaired) electrons. The number of benzene rings is 2. The highest BCUT2D eigenvalue weighted by atomic mass is 35.5. The third-order valence-electron chi connectivity index (χ3n) is 5.36. The van der Waals surface area contributed by atoms with Gasteiger partial charge in [0.15, 0.2) is 5.65 Å². The van der Waals surface area contributed by atoms with E-state index in [2.05, 4.69) is 16.5 Å². The number of halogens is 2. The number of imidazole rings is 1. The highest BCUT2D eigenvalue weighted by Crippen LogP contribution is 2.22. The molecule has 7 heteroatoms. The summed E-state index contributed by atoms with van der Waals surface area (Å²) in [7, 11) is 0. The van der Waals surface area contributed by atoms with Gasteiger partial charge >= 0.3 is 0 Å². The van der Waals surface area contributed by atoms with E-state index < -0.39 is 0 Å². The molecule has 1 amide bonds. The minimum Gasteiger partial charge on any atom is -0.327 e. The van der Waals surface area contributed by atoms with Crippen LogP contribution in [0.3, 0.4) is 0 Å². The summed E-state index contributed by atoms with van der Waals surface area (Å²) in [6.07, 6.45) is 2.66. The number of hydrogen-bond donors (Lipinski definition) is 0. The number of aryl methyl sites for hydroxylation is 2. The lowest BCUT2D eigenvalue weighted by Gasteiger charge is -2.23. The Morgan fingerprint density at radius 1 is 1.12 bits per heavy atom. The maximum Gasteiger partial charge on any atom is 0.254 e. The third kappa shape index (κ3) is 4.65. The minimum atomic E-state index is -0.312. The summed E-state index contributed by atoms with van der Waals surface area (Å²) in [5.41, 5.74) is 3.83. The van der Waals surface area contributed by atoms with Crippen molar-refractivity contribution in [3.8, 4) is 0 Å². The van der Waals surface area contributed by atoms with Gasteiger partial charge in [0, 0.05) is 29.9 Å². The molecule has 0 saturated heterocycles. The molecule has 4 rings (SSSR count). The molecule has 0 N–H and O–H groups in total. The van der Waals surface area contributed by atoms with E-state index in [1.54, 1.807) is 35.4 Å². The van der Waals surface area contributed by atoms with Gasteiger partial charge in [-0.2, -0.15) is 0 Å². The van der Waals surface area contributed by atoms with Gasteiger partial charge < -0.3 is 9.47 Å². The molecule has 2 aromatic carbocycles. The Hall–Kier alpha value is -3.25. The molecule has 0 aliphatic heterocycles. The fourth-order valence-electron chi connectivity index (χ4n) is 3.67. The maximum absolute atomic E-state index is 13.5. The van der Waals surface area contributed by atoms with Gasteiger partial charge in [0.1, 0.15) is 17.2 Å². The molecule has 0 atom stereocenters. The number of fused-ring (bicyclic) bond motifs is 1. The van der Waals surface area contributed by atoms with Crippen molar-refractivity contribution in [3.05, 3.63) is 94.1 Å². The fraction of sp³-hybridized carbons (Fsp3) is 0.240. The number of pyridine rings is 1. The topological polar surface area (TPSA) is 51.0 Å². The van der Waals surface area contributed by atoms with Crippen molar-refractivity contribution in [1.82, 2.24) is 19.4 Å². The van der Waals surface area contributed by atoms with Crippen LogP contribution < -0.4 is 0 Å². The van der Waals surface area contributed by atoms with Gasteiger partial charge in [-0.3, -0.25) is 4.79 Å². The number of amides is 1. The third-order valence-corrected chi connectivity index (χ3v) is 5.76. The molecule has 0 aliphatic carbocycles. The summed E-state index contributed by atoms with van der Waals surface area (Å²) >= 11 is 6.28. The van der Waals surface area contributed by atoms with Crippen molar-refractivity contribution < 1.29 is 9.18 Å². The molecule has 0 fully saturated rings. The van der Waals surface area contributed by atoms with E-state index in [9.17, 15) is 9.18 Å². The van der Waals surface area contributed by atoms with Crippen LogP contribution in [0, 0.1) is 12.7 Å². The fourth-order valence-corrected chi connectivity index (χ4v) is 3.85. The van der Waals surface area contributed by atoms with Crippen LogP contribution in [-0.2, 0) is 19.6 Å². The number of hydrogen-bond acceptors (Lipinski definition) is 3. The second-order valence-corrected chi connectivity index (χ2v) is 8.18. The number of aromatic nitrogens is 3. The first kappa shape index (κ1) is 22.0. The van der Waals surface area contributed by atoms with Crippen LogP contribution in [0.5, 0.6) is 0 Å². The molecule has 32 heavy (non-hydrogen) atoms. The molecule has 5 nitrogen and oxygen atoms in total. The zero-order valence-corrected chi connectivity index (χ0v) is 18.8. The summed E-state index contributed by atoms with van der Waals surface area (Å²) in [5.74, 6) is 0.279. The van der Waals surface area contributed by atoms with Gasteiger partial charge in [-0.25, -0.2) is 14.4 Å². The van der Waals surface area contributed by atoms with Gasteiger partial charge in [0.25, 0.3) is 5.91 Å². The van der Waals surface area contributed by atoms with Crippen LogP contribution in [0.1, 0.15) is 40.7 Å². The molecule has 0 spiro atoms. The quantitative estimate of drug-likeness (QED) is 0.358. The Balaban J connectivity index is 1.72. The van der Waals surface area contributed by atoms with Gasteiger partial charge in [0.2, 0.25) is 0 Å². The molecule has 0 bridgehead atoms. The van der Waals surface area contributed by atoms with Crippen LogP contribution >= 0.6 is 11.6 Å². The number of carbonyl (C=O) groups is 1. The molecule has 2 heterocycles. The van der Waals surface area contributed by atoms with Crippen LogP contribution in [0.25, 0.3) is 11.2 Å². The van der Waals surface area contributed by atoms with E-state index in [0.29, 0.717) is 17.1 Å². The van der Waals surface area contributed by atoms with Gasteiger partial charge in [-0.15, -0.1) is 0 Å². The Morgan fingerprint density at radius 2 is 1.91 bits per heavy atom. The Morgan fingerprint density at radius 3 is 2.62 bits per heavy atom. The monoisotopic (exact) mass is 450 g/mol. The molecule has 4 aromatic rings. The molecule has 2 aromatic heterocycles. The van der Waals surface area contributed by atoms with E-state index in [1.807, 2.05) is 25.1 Å². The van der Waals surface area contributed by atoms with Crippen molar-refractivity contribution in [2.24, 2.45) is 0 Å². The molecular weight excluding hydrogens is 427 g/mol.